The Labute approximate surface area is 228 Å². The van der Waals surface area contributed by atoms with Gasteiger partial charge in [0, 0.05) is 27.3 Å². The van der Waals surface area contributed by atoms with Crippen LogP contribution in [0.5, 0.6) is 0 Å². The molecule has 1 aliphatic heterocycles. The second-order valence-electron chi connectivity index (χ2n) is 9.57. The van der Waals surface area contributed by atoms with Crippen molar-refractivity contribution in [3.8, 4) is 0 Å². The van der Waals surface area contributed by atoms with E-state index in [0.717, 1.165) is 34.0 Å². The fourth-order valence-corrected chi connectivity index (χ4v) is 5.98. The van der Waals surface area contributed by atoms with Crippen LogP contribution in [0, 0.1) is 27.7 Å². The Morgan fingerprint density at radius 3 is 2.42 bits per heavy atom. The van der Waals surface area contributed by atoms with Gasteiger partial charge in [-0.05, 0) is 60.0 Å². The van der Waals surface area contributed by atoms with E-state index < -0.39 is 0 Å². The van der Waals surface area contributed by atoms with Crippen LogP contribution in [0.1, 0.15) is 47.9 Å². The zero-order valence-corrected chi connectivity index (χ0v) is 24.2. The van der Waals surface area contributed by atoms with Crippen molar-refractivity contribution in [2.75, 3.05) is 0 Å². The fraction of sp³-hybridized carbons (Fsp3) is 0.219. The number of rotatable bonds is 3. The molecule has 0 N–H and O–H groups in total. The topological polar surface area (TPSA) is 25.5 Å². The number of furan rings is 1. The summed E-state index contributed by atoms with van der Waals surface area (Å²) in [7, 11) is 4.64. The third-order valence-corrected chi connectivity index (χ3v) is 7.46. The van der Waals surface area contributed by atoms with Crippen LogP contribution in [0.25, 0.3) is 32.7 Å². The molecular formula is C32H31ClIrNO. The van der Waals surface area contributed by atoms with Crippen molar-refractivity contribution in [1.29, 1.82) is 0 Å². The van der Waals surface area contributed by atoms with Gasteiger partial charge in [0.1, 0.15) is 11.2 Å². The molecule has 2 aliphatic rings. The Balaban J connectivity index is 0.000000743. The number of fused-ring (bicyclic) bond motifs is 3. The molecule has 0 amide bonds. The predicted octanol–water partition coefficient (Wildman–Crippen LogP) is 9.85. The number of hydrogen-bond donors (Lipinski definition) is 0. The Kier molecular flexibility index (Phi) is 8.05. The van der Waals surface area contributed by atoms with Gasteiger partial charge < -0.3 is 19.3 Å². The van der Waals surface area contributed by atoms with E-state index in [1.165, 1.54) is 88.2 Å². The zero-order valence-electron chi connectivity index (χ0n) is 21.0. The normalized spacial score (nSPS) is 14.4. The molecule has 1 aromatic heterocycles. The Morgan fingerprint density at radius 1 is 0.861 bits per heavy atom. The van der Waals surface area contributed by atoms with E-state index in [2.05, 4.69) is 77.2 Å². The van der Waals surface area contributed by atoms with Crippen LogP contribution in [0.15, 0.2) is 76.1 Å². The Hall–Kier alpha value is -2.45. The molecule has 1 saturated carbocycles. The maximum absolute atomic E-state index is 6.38. The van der Waals surface area contributed by atoms with Crippen molar-refractivity contribution in [3.05, 3.63) is 104 Å². The predicted molar refractivity (Wildman–Crippen MR) is 152 cm³/mol. The van der Waals surface area contributed by atoms with Crippen LogP contribution >= 0.6 is 9.58 Å². The molecule has 2 heterocycles. The molecule has 4 heteroatoms. The van der Waals surface area contributed by atoms with Gasteiger partial charge in [-0.15, -0.1) is 0 Å². The van der Waals surface area contributed by atoms with Gasteiger partial charge in [0.25, 0.3) is 0 Å². The van der Waals surface area contributed by atoms with E-state index in [1.807, 2.05) is 6.07 Å². The number of halogens is 1. The molecule has 0 bridgehead atoms. The van der Waals surface area contributed by atoms with E-state index in [1.54, 1.807) is 0 Å². The summed E-state index contributed by atoms with van der Waals surface area (Å²) in [5.41, 5.74) is 9.03. The van der Waals surface area contributed by atoms with Crippen molar-refractivity contribution in [1.82, 2.24) is 0 Å². The third kappa shape index (κ3) is 4.32. The van der Waals surface area contributed by atoms with Gasteiger partial charge >= 0.3 is 27.5 Å². The van der Waals surface area contributed by atoms with Crippen LogP contribution in [0.2, 0.25) is 0 Å². The average molecular weight is 673 g/mol. The summed E-state index contributed by atoms with van der Waals surface area (Å²) in [5.74, 6) is 0.834. The van der Waals surface area contributed by atoms with Gasteiger partial charge in [0.05, 0.1) is 11.4 Å². The third-order valence-electron chi connectivity index (χ3n) is 7.46. The molecule has 0 unspecified atom stereocenters. The number of hydrogen-bond acceptors (Lipinski definition) is 2. The SMILES string of the molecule is Cc1cc(C2=Nc3ccc(CC4CCCC4)c4cccc2c34)c2oc3ccccc3c2c1.[CH3-].[CH3-].[Cl][Ir+2]. The van der Waals surface area contributed by atoms with Crippen molar-refractivity contribution in [3.63, 3.8) is 0 Å². The van der Waals surface area contributed by atoms with E-state index in [0.29, 0.717) is 0 Å². The number of nitrogens with zero attached hydrogens (tertiary/aromatic N) is 1. The van der Waals surface area contributed by atoms with Gasteiger partial charge in [-0.1, -0.05) is 68.1 Å². The average Bonchev–Trinajstić information content (AvgIpc) is 3.60. The summed E-state index contributed by atoms with van der Waals surface area (Å²) < 4.78 is 6.38. The fourth-order valence-electron chi connectivity index (χ4n) is 5.98. The molecule has 1 fully saturated rings. The molecule has 0 radical (unpaired) electrons. The van der Waals surface area contributed by atoms with E-state index in [4.69, 9.17) is 9.41 Å². The van der Waals surface area contributed by atoms with Crippen LogP contribution < -0.4 is 0 Å². The molecule has 7 rings (SSSR count). The van der Waals surface area contributed by atoms with Crippen LogP contribution in [-0.4, -0.2) is 5.71 Å². The van der Waals surface area contributed by atoms with Gasteiger partial charge in [-0.2, -0.15) is 0 Å². The van der Waals surface area contributed by atoms with Crippen molar-refractivity contribution in [2.24, 2.45) is 10.9 Å². The van der Waals surface area contributed by atoms with E-state index >= 15 is 0 Å². The van der Waals surface area contributed by atoms with Crippen LogP contribution in [0.3, 0.4) is 0 Å². The summed E-state index contributed by atoms with van der Waals surface area (Å²) in [6.07, 6.45) is 6.71. The van der Waals surface area contributed by atoms with Gasteiger partial charge in [0.15, 0.2) is 0 Å². The molecule has 2 nitrogen and oxygen atoms in total. The molecule has 5 aromatic rings. The second kappa shape index (κ2) is 10.9. The van der Waals surface area contributed by atoms with Gasteiger partial charge in [-0.3, -0.25) is 0 Å². The van der Waals surface area contributed by atoms with E-state index in [9.17, 15) is 0 Å². The Bertz CT molecular complexity index is 1580. The van der Waals surface area contributed by atoms with Crippen LogP contribution in [0.4, 0.5) is 5.69 Å². The zero-order chi connectivity index (χ0) is 23.2. The molecule has 36 heavy (non-hydrogen) atoms. The van der Waals surface area contributed by atoms with Crippen molar-refractivity contribution in [2.45, 2.75) is 39.0 Å². The first-order valence-corrected chi connectivity index (χ1v) is 14.9. The molecular weight excluding hydrogens is 642 g/mol. The standard InChI is InChI=1S/C30H25NO.2CH3.ClH.Ir/c1-18-15-24-22-9-4-5-12-27(22)32-30(24)25(16-18)29-23-11-6-10-21-20(17-19-7-2-3-8-19)13-14-26(31-29)28(21)23;;;;/h4-6,9-16,19H,2-3,7-8,17H2,1H3;2*1H3;1H;/q;2*-1;;+3/p-1. The second-order valence-corrected chi connectivity index (χ2v) is 9.57. The number of para-hydroxylation sites is 1. The maximum atomic E-state index is 6.38. The number of benzene rings is 4. The first-order chi connectivity index (χ1) is 16.8. The Morgan fingerprint density at radius 2 is 1.61 bits per heavy atom. The summed E-state index contributed by atoms with van der Waals surface area (Å²) in [5, 5.41) is 5.02. The molecule has 4 aromatic carbocycles. The number of aliphatic imine (C=N–C) groups is 1. The minimum absolute atomic E-state index is 0. The molecule has 1 aliphatic carbocycles. The van der Waals surface area contributed by atoms with Crippen molar-refractivity contribution < 1.29 is 22.3 Å². The number of aryl methyl sites for hydroxylation is 1. The quantitative estimate of drug-likeness (QED) is 0.172. The first-order valence-electron chi connectivity index (χ1n) is 11.9. The molecule has 0 saturated heterocycles. The molecule has 0 spiro atoms. The molecule has 0 atom stereocenters. The van der Waals surface area contributed by atoms with Gasteiger partial charge in [0.2, 0.25) is 0 Å². The monoisotopic (exact) mass is 673 g/mol. The molecule has 186 valence electrons. The van der Waals surface area contributed by atoms with Gasteiger partial charge in [-0.25, -0.2) is 4.99 Å². The van der Waals surface area contributed by atoms with Crippen molar-refractivity contribution >= 4 is 53.7 Å². The first kappa shape index (κ1) is 26.6. The van der Waals surface area contributed by atoms with E-state index in [-0.39, 0.29) is 14.9 Å². The minimum atomic E-state index is 0. The summed E-state index contributed by atoms with van der Waals surface area (Å²) >= 11 is 1.47. The summed E-state index contributed by atoms with van der Waals surface area (Å²) in [6.45, 7) is 2.16. The summed E-state index contributed by atoms with van der Waals surface area (Å²) in [6, 6.07) is 24.0. The van der Waals surface area contributed by atoms with Crippen LogP contribution in [-0.2, 0) is 24.3 Å². The summed E-state index contributed by atoms with van der Waals surface area (Å²) in [4.78, 5) is 5.16.